The van der Waals surface area contributed by atoms with Gasteiger partial charge in [0.25, 0.3) is 0 Å². The standard InChI is InChI=1S/C14H12N2/c1-9-8-13-12(4-3-6-16-13)14-10(2)15-7-5-11(9)14/h3-8H,1-2H3. The average molecular weight is 208 g/mol. The van der Waals surface area contributed by atoms with E-state index in [1.165, 1.54) is 21.7 Å². The summed E-state index contributed by atoms with van der Waals surface area (Å²) in [4.78, 5) is 8.78. The number of nitrogens with zero attached hydrogens (tertiary/aromatic N) is 2. The summed E-state index contributed by atoms with van der Waals surface area (Å²) < 4.78 is 0. The van der Waals surface area contributed by atoms with Crippen LogP contribution in [-0.4, -0.2) is 9.97 Å². The maximum absolute atomic E-state index is 4.41. The lowest BCUT2D eigenvalue weighted by molar-refractivity contribution is 1.23. The van der Waals surface area contributed by atoms with Gasteiger partial charge in [0, 0.05) is 28.9 Å². The molecule has 0 N–H and O–H groups in total. The van der Waals surface area contributed by atoms with Crippen molar-refractivity contribution in [2.24, 2.45) is 0 Å². The van der Waals surface area contributed by atoms with Gasteiger partial charge in [-0.05, 0) is 43.0 Å². The Labute approximate surface area is 94.0 Å². The Balaban J connectivity index is 2.67. The molecule has 0 atom stereocenters. The van der Waals surface area contributed by atoms with Crippen LogP contribution in [-0.2, 0) is 0 Å². The zero-order valence-electron chi connectivity index (χ0n) is 9.36. The number of pyridine rings is 2. The van der Waals surface area contributed by atoms with Crippen molar-refractivity contribution >= 4 is 21.7 Å². The van der Waals surface area contributed by atoms with E-state index < -0.39 is 0 Å². The summed E-state index contributed by atoms with van der Waals surface area (Å²) in [5.41, 5.74) is 3.37. The van der Waals surface area contributed by atoms with Crippen molar-refractivity contribution in [3.63, 3.8) is 0 Å². The zero-order chi connectivity index (χ0) is 11.1. The van der Waals surface area contributed by atoms with Gasteiger partial charge in [0.05, 0.1) is 5.52 Å². The highest BCUT2D eigenvalue weighted by Crippen LogP contribution is 2.28. The fourth-order valence-corrected chi connectivity index (χ4v) is 2.26. The van der Waals surface area contributed by atoms with Crippen LogP contribution in [0, 0.1) is 13.8 Å². The first kappa shape index (κ1) is 9.28. The van der Waals surface area contributed by atoms with Gasteiger partial charge in [-0.25, -0.2) is 0 Å². The molecule has 78 valence electrons. The summed E-state index contributed by atoms with van der Waals surface area (Å²) in [5.74, 6) is 0. The van der Waals surface area contributed by atoms with E-state index in [9.17, 15) is 0 Å². The molecule has 3 rings (SSSR count). The minimum absolute atomic E-state index is 1.05. The summed E-state index contributed by atoms with van der Waals surface area (Å²) in [5, 5.41) is 3.69. The second-order valence-electron chi connectivity index (χ2n) is 4.08. The van der Waals surface area contributed by atoms with Crippen molar-refractivity contribution in [2.75, 3.05) is 0 Å². The number of benzene rings is 1. The summed E-state index contributed by atoms with van der Waals surface area (Å²) >= 11 is 0. The van der Waals surface area contributed by atoms with Gasteiger partial charge in [-0.15, -0.1) is 0 Å². The topological polar surface area (TPSA) is 25.8 Å². The number of aromatic nitrogens is 2. The molecule has 0 radical (unpaired) electrons. The predicted octanol–water partition coefficient (Wildman–Crippen LogP) is 3.40. The van der Waals surface area contributed by atoms with E-state index in [1.807, 2.05) is 25.4 Å². The van der Waals surface area contributed by atoms with Gasteiger partial charge in [0.1, 0.15) is 0 Å². The van der Waals surface area contributed by atoms with Gasteiger partial charge >= 0.3 is 0 Å². The molecule has 0 aliphatic rings. The van der Waals surface area contributed by atoms with Crippen molar-refractivity contribution in [3.8, 4) is 0 Å². The second kappa shape index (κ2) is 3.27. The third-order valence-corrected chi connectivity index (χ3v) is 3.03. The van der Waals surface area contributed by atoms with Gasteiger partial charge in [0.15, 0.2) is 0 Å². The van der Waals surface area contributed by atoms with Crippen molar-refractivity contribution in [1.29, 1.82) is 0 Å². The quantitative estimate of drug-likeness (QED) is 0.529. The molecule has 0 amide bonds. The van der Waals surface area contributed by atoms with Crippen LogP contribution in [0.4, 0.5) is 0 Å². The molecule has 2 aromatic heterocycles. The van der Waals surface area contributed by atoms with Gasteiger partial charge in [0.2, 0.25) is 0 Å². The molecule has 3 aromatic rings. The van der Waals surface area contributed by atoms with Gasteiger partial charge in [-0.3, -0.25) is 9.97 Å². The molecular formula is C14H12N2. The fourth-order valence-electron chi connectivity index (χ4n) is 2.26. The smallest absolute Gasteiger partial charge is 0.0711 e. The second-order valence-corrected chi connectivity index (χ2v) is 4.08. The van der Waals surface area contributed by atoms with Gasteiger partial charge in [-0.2, -0.15) is 0 Å². The lowest BCUT2D eigenvalue weighted by atomic mass is 10.0. The van der Waals surface area contributed by atoms with E-state index in [4.69, 9.17) is 0 Å². The molecule has 2 heteroatoms. The van der Waals surface area contributed by atoms with Crippen LogP contribution in [0.15, 0.2) is 36.7 Å². The molecule has 1 aromatic carbocycles. The Hall–Kier alpha value is -1.96. The number of hydrogen-bond acceptors (Lipinski definition) is 2. The van der Waals surface area contributed by atoms with Crippen molar-refractivity contribution < 1.29 is 0 Å². The summed E-state index contributed by atoms with van der Waals surface area (Å²) in [6.45, 7) is 4.17. The maximum Gasteiger partial charge on any atom is 0.0711 e. The molecule has 0 spiro atoms. The fraction of sp³-hybridized carbons (Fsp3) is 0.143. The first-order chi connectivity index (χ1) is 7.77. The van der Waals surface area contributed by atoms with E-state index in [0.717, 1.165) is 11.2 Å². The van der Waals surface area contributed by atoms with Gasteiger partial charge < -0.3 is 0 Å². The number of hydrogen-bond donors (Lipinski definition) is 0. The Bertz CT molecular complexity index is 687. The molecule has 2 heterocycles. The first-order valence-corrected chi connectivity index (χ1v) is 5.37. The first-order valence-electron chi connectivity index (χ1n) is 5.37. The summed E-state index contributed by atoms with van der Waals surface area (Å²) in [6.07, 6.45) is 3.70. The third kappa shape index (κ3) is 1.20. The van der Waals surface area contributed by atoms with Crippen LogP contribution >= 0.6 is 0 Å². The summed E-state index contributed by atoms with van der Waals surface area (Å²) in [7, 11) is 0. The van der Waals surface area contributed by atoms with E-state index in [1.54, 1.807) is 0 Å². The minimum Gasteiger partial charge on any atom is -0.261 e. The Morgan fingerprint density at radius 2 is 1.81 bits per heavy atom. The maximum atomic E-state index is 4.41. The monoisotopic (exact) mass is 208 g/mol. The average Bonchev–Trinajstić information content (AvgIpc) is 2.30. The van der Waals surface area contributed by atoms with E-state index >= 15 is 0 Å². The lowest BCUT2D eigenvalue weighted by Crippen LogP contribution is -1.89. The van der Waals surface area contributed by atoms with Crippen LogP contribution in [0.2, 0.25) is 0 Å². The molecule has 0 aliphatic heterocycles. The molecular weight excluding hydrogens is 196 g/mol. The molecule has 0 bridgehead atoms. The highest BCUT2D eigenvalue weighted by molar-refractivity contribution is 6.08. The van der Waals surface area contributed by atoms with Crippen molar-refractivity contribution in [3.05, 3.63) is 47.9 Å². The molecule has 0 saturated carbocycles. The van der Waals surface area contributed by atoms with Crippen molar-refractivity contribution in [2.45, 2.75) is 13.8 Å². The van der Waals surface area contributed by atoms with Crippen LogP contribution in [0.5, 0.6) is 0 Å². The molecule has 0 aliphatic carbocycles. The van der Waals surface area contributed by atoms with Crippen molar-refractivity contribution in [1.82, 2.24) is 9.97 Å². The number of fused-ring (bicyclic) bond motifs is 3. The predicted molar refractivity (Wildman–Crippen MR) is 66.5 cm³/mol. The van der Waals surface area contributed by atoms with Crippen LogP contribution < -0.4 is 0 Å². The molecule has 0 unspecified atom stereocenters. The SMILES string of the molecule is Cc1cc2ncccc2c2c(C)nccc12. The number of aryl methyl sites for hydroxylation is 2. The molecule has 0 saturated heterocycles. The Kier molecular flexibility index (Phi) is 1.90. The van der Waals surface area contributed by atoms with Crippen LogP contribution in [0.1, 0.15) is 11.3 Å². The summed E-state index contributed by atoms with van der Waals surface area (Å²) in [6, 6.07) is 8.30. The van der Waals surface area contributed by atoms with E-state index in [-0.39, 0.29) is 0 Å². The van der Waals surface area contributed by atoms with Crippen LogP contribution in [0.3, 0.4) is 0 Å². The lowest BCUT2D eigenvalue weighted by Gasteiger charge is -2.08. The minimum atomic E-state index is 1.05. The largest absolute Gasteiger partial charge is 0.261 e. The van der Waals surface area contributed by atoms with E-state index in [2.05, 4.69) is 35.1 Å². The zero-order valence-corrected chi connectivity index (χ0v) is 9.36. The third-order valence-electron chi connectivity index (χ3n) is 3.03. The molecule has 16 heavy (non-hydrogen) atoms. The Morgan fingerprint density at radius 3 is 2.69 bits per heavy atom. The highest BCUT2D eigenvalue weighted by Gasteiger charge is 2.06. The normalized spacial score (nSPS) is 11.1. The van der Waals surface area contributed by atoms with E-state index in [0.29, 0.717) is 0 Å². The number of rotatable bonds is 0. The molecule has 0 fully saturated rings. The van der Waals surface area contributed by atoms with Crippen LogP contribution in [0.25, 0.3) is 21.7 Å². The Morgan fingerprint density at radius 1 is 0.938 bits per heavy atom. The molecule has 2 nitrogen and oxygen atoms in total. The van der Waals surface area contributed by atoms with Gasteiger partial charge in [-0.1, -0.05) is 6.07 Å². The highest BCUT2D eigenvalue weighted by atomic mass is 14.7.